The minimum Gasteiger partial charge on any atom is -0.492 e. The van der Waals surface area contributed by atoms with Gasteiger partial charge in [-0.15, -0.1) is 12.4 Å². The fourth-order valence-corrected chi connectivity index (χ4v) is 2.81. The predicted molar refractivity (Wildman–Crippen MR) is 85.7 cm³/mol. The van der Waals surface area contributed by atoms with E-state index in [2.05, 4.69) is 15.9 Å². The number of hydrogen-bond acceptors (Lipinski definition) is 3. The summed E-state index contributed by atoms with van der Waals surface area (Å²) in [5.74, 6) is 0.786. The Morgan fingerprint density at radius 3 is 2.90 bits per heavy atom. The minimum absolute atomic E-state index is 0. The van der Waals surface area contributed by atoms with E-state index in [4.69, 9.17) is 22.1 Å². The maximum atomic E-state index is 11.9. The largest absolute Gasteiger partial charge is 0.492 e. The number of benzene rings is 1. The van der Waals surface area contributed by atoms with Crippen molar-refractivity contribution < 1.29 is 9.53 Å². The van der Waals surface area contributed by atoms with Gasteiger partial charge in [-0.25, -0.2) is 0 Å². The highest BCUT2D eigenvalue weighted by molar-refractivity contribution is 9.10. The second-order valence-corrected chi connectivity index (χ2v) is 5.85. The van der Waals surface area contributed by atoms with Crippen LogP contribution in [0.1, 0.15) is 12.8 Å². The van der Waals surface area contributed by atoms with Crippen LogP contribution in [0.25, 0.3) is 0 Å². The first kappa shape index (κ1) is 17.6. The molecule has 2 N–H and O–H groups in total. The van der Waals surface area contributed by atoms with E-state index in [1.165, 1.54) is 0 Å². The first-order valence-electron chi connectivity index (χ1n) is 6.17. The normalized spacial score (nSPS) is 17.8. The SMILES string of the molecule is Cl.N[C@@H]1CCN(C(=O)CCOc2ccc(Cl)cc2Br)C1. The molecule has 1 aromatic rings. The second-order valence-electron chi connectivity index (χ2n) is 4.56. The monoisotopic (exact) mass is 382 g/mol. The highest BCUT2D eigenvalue weighted by Gasteiger charge is 2.23. The van der Waals surface area contributed by atoms with Crippen LogP contribution in [0.2, 0.25) is 5.02 Å². The molecule has 2 rings (SSSR count). The van der Waals surface area contributed by atoms with Crippen LogP contribution in [0.3, 0.4) is 0 Å². The lowest BCUT2D eigenvalue weighted by atomic mass is 10.3. The number of carbonyl (C=O) groups is 1. The van der Waals surface area contributed by atoms with Gasteiger partial charge in [0.1, 0.15) is 5.75 Å². The van der Waals surface area contributed by atoms with Gasteiger partial charge in [0.05, 0.1) is 17.5 Å². The van der Waals surface area contributed by atoms with Crippen molar-refractivity contribution in [3.63, 3.8) is 0 Å². The van der Waals surface area contributed by atoms with Crippen molar-refractivity contribution in [2.75, 3.05) is 19.7 Å². The molecule has 1 aliphatic rings. The summed E-state index contributed by atoms with van der Waals surface area (Å²) in [5.41, 5.74) is 5.77. The zero-order valence-corrected chi connectivity index (χ0v) is 14.0. The number of nitrogens with two attached hydrogens (primary N) is 1. The molecule has 1 amide bonds. The number of likely N-dealkylation sites (tertiary alicyclic amines) is 1. The first-order valence-corrected chi connectivity index (χ1v) is 7.34. The summed E-state index contributed by atoms with van der Waals surface area (Å²) in [7, 11) is 0. The number of rotatable bonds is 4. The standard InChI is InChI=1S/C13H16BrClN2O2.ClH/c14-11-7-9(15)1-2-12(11)19-6-4-13(18)17-5-3-10(16)8-17;/h1-2,7,10H,3-6,8,16H2;1H/t10-;/m1./s1. The zero-order chi connectivity index (χ0) is 13.8. The van der Waals surface area contributed by atoms with Crippen LogP contribution in [0.4, 0.5) is 0 Å². The number of hydrogen-bond donors (Lipinski definition) is 1. The Kier molecular flexibility index (Phi) is 7.09. The van der Waals surface area contributed by atoms with Crippen molar-refractivity contribution in [1.82, 2.24) is 4.90 Å². The number of carbonyl (C=O) groups excluding carboxylic acids is 1. The van der Waals surface area contributed by atoms with Gasteiger partial charge in [0.25, 0.3) is 0 Å². The van der Waals surface area contributed by atoms with Gasteiger partial charge in [-0.2, -0.15) is 0 Å². The maximum Gasteiger partial charge on any atom is 0.226 e. The summed E-state index contributed by atoms with van der Waals surface area (Å²) in [5, 5.41) is 0.640. The smallest absolute Gasteiger partial charge is 0.226 e. The molecule has 1 fully saturated rings. The topological polar surface area (TPSA) is 55.6 Å². The molecule has 20 heavy (non-hydrogen) atoms. The summed E-state index contributed by atoms with van der Waals surface area (Å²) in [6, 6.07) is 5.42. The first-order chi connectivity index (χ1) is 9.06. The Hall–Kier alpha value is -0.490. The van der Waals surface area contributed by atoms with E-state index in [-0.39, 0.29) is 24.4 Å². The summed E-state index contributed by atoms with van der Waals surface area (Å²) < 4.78 is 6.35. The van der Waals surface area contributed by atoms with Gasteiger partial charge < -0.3 is 15.4 Å². The minimum atomic E-state index is 0. The highest BCUT2D eigenvalue weighted by atomic mass is 79.9. The molecule has 0 aliphatic carbocycles. The number of ether oxygens (including phenoxy) is 1. The van der Waals surface area contributed by atoms with E-state index < -0.39 is 0 Å². The van der Waals surface area contributed by atoms with Crippen molar-refractivity contribution in [3.8, 4) is 5.75 Å². The van der Waals surface area contributed by atoms with E-state index in [9.17, 15) is 4.79 Å². The Bertz CT molecular complexity index is 474. The summed E-state index contributed by atoms with van der Waals surface area (Å²) in [6.07, 6.45) is 1.25. The molecule has 1 atom stereocenters. The molecule has 1 aromatic carbocycles. The molecule has 0 spiro atoms. The lowest BCUT2D eigenvalue weighted by molar-refractivity contribution is -0.130. The van der Waals surface area contributed by atoms with Crippen molar-refractivity contribution in [2.45, 2.75) is 18.9 Å². The molecule has 1 heterocycles. The van der Waals surface area contributed by atoms with Gasteiger partial charge >= 0.3 is 0 Å². The fourth-order valence-electron chi connectivity index (χ4n) is 2.01. The van der Waals surface area contributed by atoms with Gasteiger partial charge in [-0.05, 0) is 40.5 Å². The quantitative estimate of drug-likeness (QED) is 0.869. The summed E-state index contributed by atoms with van der Waals surface area (Å²) in [4.78, 5) is 13.7. The van der Waals surface area contributed by atoms with E-state index >= 15 is 0 Å². The van der Waals surface area contributed by atoms with Crippen LogP contribution in [0.5, 0.6) is 5.75 Å². The Morgan fingerprint density at radius 1 is 1.55 bits per heavy atom. The fraction of sp³-hybridized carbons (Fsp3) is 0.462. The maximum absolute atomic E-state index is 11.9. The van der Waals surface area contributed by atoms with Gasteiger partial charge in [-0.1, -0.05) is 11.6 Å². The Morgan fingerprint density at radius 2 is 2.30 bits per heavy atom. The van der Waals surface area contributed by atoms with Crippen molar-refractivity contribution >= 4 is 45.8 Å². The number of nitrogens with zero attached hydrogens (tertiary/aromatic N) is 1. The van der Waals surface area contributed by atoms with Gasteiger partial charge in [0.15, 0.2) is 0 Å². The van der Waals surface area contributed by atoms with Gasteiger partial charge in [-0.3, -0.25) is 4.79 Å². The summed E-state index contributed by atoms with van der Waals surface area (Å²) >= 11 is 9.21. The van der Waals surface area contributed by atoms with E-state index in [0.717, 1.165) is 17.4 Å². The van der Waals surface area contributed by atoms with Crippen LogP contribution in [-0.4, -0.2) is 36.5 Å². The third-order valence-electron chi connectivity index (χ3n) is 3.04. The van der Waals surface area contributed by atoms with Gasteiger partial charge in [0.2, 0.25) is 5.91 Å². The van der Waals surface area contributed by atoms with Crippen LogP contribution < -0.4 is 10.5 Å². The second kappa shape index (κ2) is 8.08. The summed E-state index contributed by atoms with van der Waals surface area (Å²) in [6.45, 7) is 1.76. The molecule has 112 valence electrons. The average Bonchev–Trinajstić information content (AvgIpc) is 2.78. The Balaban J connectivity index is 0.00000200. The van der Waals surface area contributed by atoms with E-state index in [1.807, 2.05) is 0 Å². The van der Waals surface area contributed by atoms with E-state index in [1.54, 1.807) is 23.1 Å². The molecular weight excluding hydrogens is 367 g/mol. The van der Waals surface area contributed by atoms with Crippen LogP contribution in [0, 0.1) is 0 Å². The predicted octanol–water partition coefficient (Wildman–Crippen LogP) is 2.85. The van der Waals surface area contributed by atoms with Crippen molar-refractivity contribution in [2.24, 2.45) is 5.73 Å². The molecule has 0 radical (unpaired) electrons. The lowest BCUT2D eigenvalue weighted by Gasteiger charge is -2.16. The molecule has 1 saturated heterocycles. The third-order valence-corrected chi connectivity index (χ3v) is 3.90. The molecule has 0 saturated carbocycles. The highest BCUT2D eigenvalue weighted by Crippen LogP contribution is 2.28. The molecule has 0 unspecified atom stereocenters. The van der Waals surface area contributed by atoms with E-state index in [0.29, 0.717) is 30.3 Å². The zero-order valence-electron chi connectivity index (χ0n) is 10.9. The average molecular weight is 384 g/mol. The lowest BCUT2D eigenvalue weighted by Crippen LogP contribution is -2.32. The number of halogens is 3. The van der Waals surface area contributed by atoms with Crippen LogP contribution >= 0.6 is 39.9 Å². The molecule has 4 nitrogen and oxygen atoms in total. The van der Waals surface area contributed by atoms with Crippen LogP contribution in [0.15, 0.2) is 22.7 Å². The molecule has 7 heteroatoms. The van der Waals surface area contributed by atoms with Crippen molar-refractivity contribution in [1.29, 1.82) is 0 Å². The number of amides is 1. The molecule has 1 aliphatic heterocycles. The van der Waals surface area contributed by atoms with Crippen molar-refractivity contribution in [3.05, 3.63) is 27.7 Å². The molecule has 0 bridgehead atoms. The molecular formula is C13H17BrCl2N2O2. The van der Waals surface area contributed by atoms with Crippen LogP contribution in [-0.2, 0) is 4.79 Å². The third kappa shape index (κ3) is 4.81. The Labute approximate surface area is 138 Å². The molecule has 0 aromatic heterocycles. The van der Waals surface area contributed by atoms with Gasteiger partial charge in [0, 0.05) is 24.2 Å².